The number of nitrogens with zero attached hydrogens (tertiary/aromatic N) is 1. The molecular formula is C26H38N4O4. The topological polar surface area (TPSA) is 99.8 Å². The molecule has 0 aromatic heterocycles. The SMILES string of the molecule is CCC1(CC)CC2OCCC(NC(=O)CNC)C(=O)N2C1C(=O)NC1CCCc2ccccc21. The minimum absolute atomic E-state index is 0.0583. The van der Waals surface area contributed by atoms with E-state index in [9.17, 15) is 14.4 Å². The van der Waals surface area contributed by atoms with Crippen molar-refractivity contribution in [1.29, 1.82) is 0 Å². The van der Waals surface area contributed by atoms with E-state index in [1.807, 2.05) is 12.1 Å². The predicted octanol–water partition coefficient (Wildman–Crippen LogP) is 2.04. The van der Waals surface area contributed by atoms with Crippen molar-refractivity contribution < 1.29 is 19.1 Å². The second-order valence-electron chi connectivity index (χ2n) is 9.84. The Morgan fingerprint density at radius 1 is 1.12 bits per heavy atom. The van der Waals surface area contributed by atoms with Gasteiger partial charge in [-0.15, -0.1) is 0 Å². The highest BCUT2D eigenvalue weighted by Gasteiger charge is 2.57. The van der Waals surface area contributed by atoms with Crippen molar-refractivity contribution in [1.82, 2.24) is 20.9 Å². The third-order valence-corrected chi connectivity index (χ3v) is 8.03. The molecular weight excluding hydrogens is 432 g/mol. The quantitative estimate of drug-likeness (QED) is 0.566. The van der Waals surface area contributed by atoms with Crippen LogP contribution < -0.4 is 16.0 Å². The molecule has 1 aromatic rings. The Balaban J connectivity index is 1.62. The Morgan fingerprint density at radius 3 is 2.62 bits per heavy atom. The summed E-state index contributed by atoms with van der Waals surface area (Å²) < 4.78 is 6.11. The molecule has 1 aliphatic carbocycles. The van der Waals surface area contributed by atoms with Gasteiger partial charge in [0.05, 0.1) is 19.2 Å². The first-order chi connectivity index (χ1) is 16.4. The van der Waals surface area contributed by atoms with E-state index in [0.29, 0.717) is 19.4 Å². The largest absolute Gasteiger partial charge is 0.358 e. The minimum atomic E-state index is -0.693. The molecule has 2 saturated heterocycles. The van der Waals surface area contributed by atoms with Crippen LogP contribution in [0, 0.1) is 5.41 Å². The van der Waals surface area contributed by atoms with Crippen LogP contribution in [-0.4, -0.2) is 61.1 Å². The number of amides is 3. The van der Waals surface area contributed by atoms with Crippen molar-refractivity contribution in [3.05, 3.63) is 35.4 Å². The summed E-state index contributed by atoms with van der Waals surface area (Å²) in [6, 6.07) is 6.90. The number of likely N-dealkylation sites (N-methyl/N-ethyl adjacent to an activating group) is 1. The molecule has 4 rings (SSSR count). The number of benzene rings is 1. The lowest BCUT2D eigenvalue weighted by molar-refractivity contribution is -0.150. The maximum Gasteiger partial charge on any atom is 0.247 e. The van der Waals surface area contributed by atoms with E-state index >= 15 is 0 Å². The average Bonchev–Trinajstić information content (AvgIpc) is 3.11. The number of nitrogens with one attached hydrogen (secondary N) is 3. The Labute approximate surface area is 202 Å². The van der Waals surface area contributed by atoms with Gasteiger partial charge in [0.15, 0.2) is 0 Å². The fraction of sp³-hybridized carbons (Fsp3) is 0.654. The van der Waals surface area contributed by atoms with Gasteiger partial charge in [0.1, 0.15) is 18.3 Å². The highest BCUT2D eigenvalue weighted by Crippen LogP contribution is 2.48. The van der Waals surface area contributed by atoms with Crippen molar-refractivity contribution in [2.24, 2.45) is 5.41 Å². The standard InChI is InChI=1S/C26H38N4O4/c1-4-26(5-2)15-22-30(25(33)20(13-14-34-22)28-21(31)16-27-3)23(26)24(32)29-19-12-8-10-17-9-6-7-11-18(17)19/h6-7,9,11,19-20,22-23,27H,4-5,8,10,12-16H2,1-3H3,(H,28,31)(H,29,32). The number of carbonyl (C=O) groups is 3. The van der Waals surface area contributed by atoms with Crippen LogP contribution in [0.4, 0.5) is 0 Å². The Hall–Kier alpha value is -2.45. The predicted molar refractivity (Wildman–Crippen MR) is 129 cm³/mol. The van der Waals surface area contributed by atoms with E-state index in [4.69, 9.17) is 4.74 Å². The second kappa shape index (κ2) is 10.4. The normalized spacial score (nSPS) is 28.0. The summed E-state index contributed by atoms with van der Waals surface area (Å²) in [6.07, 6.45) is 5.04. The molecule has 3 amide bonds. The fourth-order valence-electron chi connectivity index (χ4n) is 6.08. The van der Waals surface area contributed by atoms with Gasteiger partial charge in [0, 0.05) is 18.3 Å². The Kier molecular flexibility index (Phi) is 7.57. The second-order valence-corrected chi connectivity index (χ2v) is 9.84. The molecule has 0 bridgehead atoms. The van der Waals surface area contributed by atoms with Gasteiger partial charge < -0.3 is 25.6 Å². The van der Waals surface area contributed by atoms with Gasteiger partial charge >= 0.3 is 0 Å². The van der Waals surface area contributed by atoms with Crippen molar-refractivity contribution in [2.75, 3.05) is 20.2 Å². The number of carbonyl (C=O) groups excluding carboxylic acids is 3. The highest BCUT2D eigenvalue weighted by molar-refractivity contribution is 5.94. The van der Waals surface area contributed by atoms with Gasteiger partial charge in [-0.3, -0.25) is 14.4 Å². The maximum atomic E-state index is 13.9. The zero-order chi connectivity index (χ0) is 24.3. The first kappa shape index (κ1) is 24.7. The first-order valence-electron chi connectivity index (χ1n) is 12.7. The molecule has 0 spiro atoms. The van der Waals surface area contributed by atoms with Gasteiger partial charge in [0.25, 0.3) is 0 Å². The number of aryl methyl sites for hydroxylation is 1. The van der Waals surface area contributed by atoms with E-state index in [1.165, 1.54) is 11.1 Å². The van der Waals surface area contributed by atoms with E-state index in [1.54, 1.807) is 11.9 Å². The van der Waals surface area contributed by atoms with Crippen molar-refractivity contribution in [2.45, 2.75) is 83.1 Å². The molecule has 186 valence electrons. The molecule has 2 aliphatic heterocycles. The molecule has 2 heterocycles. The number of hydrogen-bond acceptors (Lipinski definition) is 5. The molecule has 3 N–H and O–H groups in total. The van der Waals surface area contributed by atoms with Gasteiger partial charge in [-0.05, 0) is 50.3 Å². The third-order valence-electron chi connectivity index (χ3n) is 8.03. The van der Waals surface area contributed by atoms with Crippen LogP contribution in [0.15, 0.2) is 24.3 Å². The minimum Gasteiger partial charge on any atom is -0.358 e. The van der Waals surface area contributed by atoms with Crippen LogP contribution in [0.5, 0.6) is 0 Å². The maximum absolute atomic E-state index is 13.9. The number of rotatable bonds is 7. The van der Waals surface area contributed by atoms with Gasteiger partial charge in [0.2, 0.25) is 17.7 Å². The Bertz CT molecular complexity index is 916. The fourth-order valence-corrected chi connectivity index (χ4v) is 6.08. The highest BCUT2D eigenvalue weighted by atomic mass is 16.5. The Morgan fingerprint density at radius 2 is 1.88 bits per heavy atom. The summed E-state index contributed by atoms with van der Waals surface area (Å²) in [6.45, 7) is 4.67. The van der Waals surface area contributed by atoms with E-state index in [0.717, 1.165) is 32.1 Å². The van der Waals surface area contributed by atoms with E-state index in [-0.39, 0.29) is 35.7 Å². The van der Waals surface area contributed by atoms with E-state index < -0.39 is 18.3 Å². The first-order valence-corrected chi connectivity index (χ1v) is 12.7. The van der Waals surface area contributed by atoms with Crippen LogP contribution in [0.2, 0.25) is 0 Å². The zero-order valence-electron chi connectivity index (χ0n) is 20.6. The zero-order valence-corrected chi connectivity index (χ0v) is 20.6. The molecule has 3 aliphatic rings. The lowest BCUT2D eigenvalue weighted by Crippen LogP contribution is -2.58. The molecule has 1 aromatic carbocycles. The number of ether oxygens (including phenoxy) is 1. The van der Waals surface area contributed by atoms with Crippen molar-refractivity contribution >= 4 is 17.7 Å². The third kappa shape index (κ3) is 4.58. The van der Waals surface area contributed by atoms with Crippen LogP contribution in [-0.2, 0) is 25.5 Å². The van der Waals surface area contributed by atoms with Gasteiger partial charge in [-0.2, -0.15) is 0 Å². The van der Waals surface area contributed by atoms with Crippen LogP contribution >= 0.6 is 0 Å². The van der Waals surface area contributed by atoms with Crippen molar-refractivity contribution in [3.8, 4) is 0 Å². The number of fused-ring (bicyclic) bond motifs is 2. The summed E-state index contributed by atoms with van der Waals surface area (Å²) in [5.74, 6) is -0.581. The molecule has 8 nitrogen and oxygen atoms in total. The van der Waals surface area contributed by atoms with Gasteiger partial charge in [-0.1, -0.05) is 38.1 Å². The summed E-state index contributed by atoms with van der Waals surface area (Å²) >= 11 is 0. The summed E-state index contributed by atoms with van der Waals surface area (Å²) in [4.78, 5) is 41.5. The van der Waals surface area contributed by atoms with Crippen molar-refractivity contribution in [3.63, 3.8) is 0 Å². The van der Waals surface area contributed by atoms with Gasteiger partial charge in [-0.25, -0.2) is 0 Å². The lowest BCUT2D eigenvalue weighted by Gasteiger charge is -2.38. The molecule has 8 heteroatoms. The average molecular weight is 471 g/mol. The van der Waals surface area contributed by atoms with Crippen LogP contribution in [0.25, 0.3) is 0 Å². The van der Waals surface area contributed by atoms with E-state index in [2.05, 4.69) is 41.9 Å². The summed E-state index contributed by atoms with van der Waals surface area (Å²) in [5.41, 5.74) is 2.09. The molecule has 4 atom stereocenters. The molecule has 2 fully saturated rings. The molecule has 0 radical (unpaired) electrons. The number of hydrogen-bond donors (Lipinski definition) is 3. The molecule has 4 unspecified atom stereocenters. The monoisotopic (exact) mass is 470 g/mol. The van der Waals surface area contributed by atoms with Crippen LogP contribution in [0.3, 0.4) is 0 Å². The van der Waals surface area contributed by atoms with Crippen LogP contribution in [0.1, 0.15) is 69.5 Å². The summed E-state index contributed by atoms with van der Waals surface area (Å²) in [7, 11) is 1.69. The summed E-state index contributed by atoms with van der Waals surface area (Å²) in [5, 5.41) is 8.95. The smallest absolute Gasteiger partial charge is 0.247 e. The molecule has 0 saturated carbocycles. The molecule has 34 heavy (non-hydrogen) atoms. The lowest BCUT2D eigenvalue weighted by atomic mass is 9.74.